The number of aromatic amines is 1. The van der Waals surface area contributed by atoms with Gasteiger partial charge in [-0.1, -0.05) is 18.8 Å². The van der Waals surface area contributed by atoms with Gasteiger partial charge in [-0.3, -0.25) is 14.7 Å². The van der Waals surface area contributed by atoms with Crippen molar-refractivity contribution in [3.63, 3.8) is 0 Å². The zero-order valence-electron chi connectivity index (χ0n) is 21.1. The highest BCUT2D eigenvalue weighted by Crippen LogP contribution is 2.27. The summed E-state index contributed by atoms with van der Waals surface area (Å²) in [5, 5.41) is 12.6. The van der Waals surface area contributed by atoms with Gasteiger partial charge in [-0.05, 0) is 62.1 Å². The first-order chi connectivity index (χ1) is 17.9. The Labute approximate surface area is 216 Å². The minimum Gasteiger partial charge on any atom is -0.354 e. The monoisotopic (exact) mass is 502 g/mol. The molecule has 37 heavy (non-hydrogen) atoms. The number of hydrogen-bond acceptors (Lipinski definition) is 5. The second-order valence-corrected chi connectivity index (χ2v) is 9.14. The Kier molecular flexibility index (Phi) is 8.52. The molecule has 3 aromatic rings. The molecule has 0 bridgehead atoms. The van der Waals surface area contributed by atoms with Crippen molar-refractivity contribution >= 4 is 17.6 Å². The highest BCUT2D eigenvalue weighted by molar-refractivity contribution is 5.94. The van der Waals surface area contributed by atoms with Crippen molar-refractivity contribution in [2.75, 3.05) is 18.0 Å². The molecule has 2 aromatic heterocycles. The summed E-state index contributed by atoms with van der Waals surface area (Å²) in [5.41, 5.74) is 2.72. The molecule has 2 atom stereocenters. The zero-order valence-corrected chi connectivity index (χ0v) is 21.1. The van der Waals surface area contributed by atoms with E-state index in [1.54, 1.807) is 30.6 Å². The number of rotatable bonds is 7. The molecular weight excluding hydrogens is 471 g/mol. The number of carbonyl (C=O) groups excluding carboxylic acids is 2. The smallest absolute Gasteiger partial charge is 0.252 e. The number of pyridine rings is 1. The fourth-order valence-corrected chi connectivity index (χ4v) is 4.41. The minimum atomic E-state index is -0.333. The number of benzene rings is 1. The van der Waals surface area contributed by atoms with Crippen LogP contribution in [0.25, 0.3) is 0 Å². The van der Waals surface area contributed by atoms with Crippen LogP contribution < -0.4 is 15.5 Å². The summed E-state index contributed by atoms with van der Waals surface area (Å²) in [6.45, 7) is 5.08. The van der Waals surface area contributed by atoms with Gasteiger partial charge in [0.1, 0.15) is 11.6 Å². The van der Waals surface area contributed by atoms with Crippen LogP contribution in [0.4, 0.5) is 10.2 Å². The number of anilines is 1. The summed E-state index contributed by atoms with van der Waals surface area (Å²) in [7, 11) is 0. The van der Waals surface area contributed by atoms with Gasteiger partial charge in [0.25, 0.3) is 5.91 Å². The first-order valence-electron chi connectivity index (χ1n) is 12.5. The van der Waals surface area contributed by atoms with Gasteiger partial charge in [-0.2, -0.15) is 5.10 Å². The predicted octanol–water partition coefficient (Wildman–Crippen LogP) is 3.20. The number of halogens is 1. The number of aryl methyl sites for hydroxylation is 1. The number of carbonyl (C=O) groups is 2. The van der Waals surface area contributed by atoms with E-state index in [1.807, 2.05) is 13.1 Å². The van der Waals surface area contributed by atoms with Gasteiger partial charge in [-0.15, -0.1) is 0 Å². The Morgan fingerprint density at radius 1 is 1.24 bits per heavy atom. The first kappa shape index (κ1) is 25.9. The molecule has 3 heterocycles. The summed E-state index contributed by atoms with van der Waals surface area (Å²) in [6.07, 6.45) is 7.89. The van der Waals surface area contributed by atoms with E-state index in [0.717, 1.165) is 24.8 Å². The summed E-state index contributed by atoms with van der Waals surface area (Å²) < 4.78 is 13.4. The van der Waals surface area contributed by atoms with Crippen LogP contribution in [0.15, 0.2) is 48.9 Å². The fraction of sp³-hybridized carbons (Fsp3) is 0.357. The average Bonchev–Trinajstić information content (AvgIpc) is 3.37. The van der Waals surface area contributed by atoms with E-state index in [-0.39, 0.29) is 29.7 Å². The SMILES string of the molecule is CCC1CNC(=O)CC(C)N1c1ncc(C(=O)NCCCc2cn[nH]c2)cc1C#Cc1ccc(F)cc1. The van der Waals surface area contributed by atoms with Crippen LogP contribution in [0.3, 0.4) is 0 Å². The molecule has 2 amide bonds. The van der Waals surface area contributed by atoms with E-state index in [2.05, 4.69) is 49.5 Å². The molecule has 1 saturated heterocycles. The van der Waals surface area contributed by atoms with E-state index in [1.165, 1.54) is 12.1 Å². The number of hydrogen-bond donors (Lipinski definition) is 3. The van der Waals surface area contributed by atoms with Crippen LogP contribution in [0.1, 0.15) is 60.2 Å². The molecular formula is C28H31FN6O2. The van der Waals surface area contributed by atoms with E-state index in [0.29, 0.717) is 42.0 Å². The van der Waals surface area contributed by atoms with Crippen molar-refractivity contribution in [2.45, 2.75) is 51.6 Å². The minimum absolute atomic E-state index is 0.00110. The molecule has 192 valence electrons. The molecule has 1 fully saturated rings. The second kappa shape index (κ2) is 12.2. The molecule has 1 aliphatic rings. The lowest BCUT2D eigenvalue weighted by molar-refractivity contribution is -0.120. The van der Waals surface area contributed by atoms with E-state index in [9.17, 15) is 14.0 Å². The molecule has 1 aliphatic heterocycles. The third-order valence-corrected chi connectivity index (χ3v) is 6.40. The molecule has 4 rings (SSSR count). The van der Waals surface area contributed by atoms with Crippen LogP contribution in [0.2, 0.25) is 0 Å². The maximum absolute atomic E-state index is 13.4. The van der Waals surface area contributed by atoms with Crippen LogP contribution in [-0.4, -0.2) is 52.2 Å². The number of amides is 2. The lowest BCUT2D eigenvalue weighted by atomic mass is 10.1. The Bertz CT molecular complexity index is 1280. The van der Waals surface area contributed by atoms with Gasteiger partial charge >= 0.3 is 0 Å². The highest BCUT2D eigenvalue weighted by atomic mass is 19.1. The second-order valence-electron chi connectivity index (χ2n) is 9.14. The van der Waals surface area contributed by atoms with Gasteiger partial charge in [0.15, 0.2) is 0 Å². The maximum atomic E-state index is 13.4. The third-order valence-electron chi connectivity index (χ3n) is 6.40. The molecule has 3 N–H and O–H groups in total. The number of H-pyrrole nitrogens is 1. The summed E-state index contributed by atoms with van der Waals surface area (Å²) in [4.78, 5) is 31.9. The van der Waals surface area contributed by atoms with Crippen molar-refractivity contribution in [1.29, 1.82) is 0 Å². The van der Waals surface area contributed by atoms with E-state index < -0.39 is 0 Å². The normalized spacial score (nSPS) is 17.4. The zero-order chi connectivity index (χ0) is 26.2. The molecule has 0 radical (unpaired) electrons. The lowest BCUT2D eigenvalue weighted by Crippen LogP contribution is -2.44. The van der Waals surface area contributed by atoms with Crippen molar-refractivity contribution < 1.29 is 14.0 Å². The topological polar surface area (TPSA) is 103 Å². The van der Waals surface area contributed by atoms with Gasteiger partial charge in [0.2, 0.25) is 5.91 Å². The van der Waals surface area contributed by atoms with Crippen LogP contribution in [0.5, 0.6) is 0 Å². The number of aromatic nitrogens is 3. The maximum Gasteiger partial charge on any atom is 0.252 e. The summed E-state index contributed by atoms with van der Waals surface area (Å²) in [6, 6.07) is 7.60. The Hall–Kier alpha value is -4.19. The quantitative estimate of drug-likeness (QED) is 0.340. The molecule has 1 aromatic carbocycles. The Morgan fingerprint density at radius 2 is 2.05 bits per heavy atom. The van der Waals surface area contributed by atoms with E-state index >= 15 is 0 Å². The van der Waals surface area contributed by atoms with Crippen LogP contribution >= 0.6 is 0 Å². The van der Waals surface area contributed by atoms with Crippen molar-refractivity contribution in [2.24, 2.45) is 0 Å². The summed E-state index contributed by atoms with van der Waals surface area (Å²) in [5.74, 6) is 6.28. The van der Waals surface area contributed by atoms with E-state index in [4.69, 9.17) is 0 Å². The first-order valence-corrected chi connectivity index (χ1v) is 12.5. The highest BCUT2D eigenvalue weighted by Gasteiger charge is 2.30. The molecule has 2 unspecified atom stereocenters. The fourth-order valence-electron chi connectivity index (χ4n) is 4.41. The standard InChI is InChI=1S/C28H31FN6O2/c1-3-25-18-31-26(36)13-19(2)35(25)27-22(9-6-20-7-10-24(29)11-8-20)14-23(17-32-27)28(37)30-12-4-5-21-15-33-34-16-21/h7-8,10-11,14-17,19,25H,3-5,12-13,18H2,1-2H3,(H,30,37)(H,31,36)(H,33,34). The molecule has 9 heteroatoms. The van der Waals surface area contributed by atoms with Gasteiger partial charge in [0, 0.05) is 49.6 Å². The Balaban J connectivity index is 1.61. The molecule has 0 saturated carbocycles. The van der Waals surface area contributed by atoms with Crippen LogP contribution in [0, 0.1) is 17.7 Å². The molecule has 0 aliphatic carbocycles. The van der Waals surface area contributed by atoms with Gasteiger partial charge < -0.3 is 15.5 Å². The lowest BCUT2D eigenvalue weighted by Gasteiger charge is -2.35. The molecule has 0 spiro atoms. The average molecular weight is 503 g/mol. The molecule has 8 nitrogen and oxygen atoms in total. The summed E-state index contributed by atoms with van der Waals surface area (Å²) >= 11 is 0. The van der Waals surface area contributed by atoms with Crippen molar-refractivity contribution in [1.82, 2.24) is 25.8 Å². The third kappa shape index (κ3) is 6.73. The Morgan fingerprint density at radius 3 is 2.78 bits per heavy atom. The number of nitrogens with zero attached hydrogens (tertiary/aromatic N) is 3. The van der Waals surface area contributed by atoms with Gasteiger partial charge in [-0.25, -0.2) is 9.37 Å². The predicted molar refractivity (Wildman–Crippen MR) is 140 cm³/mol. The van der Waals surface area contributed by atoms with Crippen LogP contribution in [-0.2, 0) is 11.2 Å². The largest absolute Gasteiger partial charge is 0.354 e. The van der Waals surface area contributed by atoms with Crippen molar-refractivity contribution in [3.8, 4) is 11.8 Å². The van der Waals surface area contributed by atoms with Gasteiger partial charge in [0.05, 0.1) is 17.3 Å². The number of nitrogens with one attached hydrogen (secondary N) is 3. The van der Waals surface area contributed by atoms with Crippen molar-refractivity contribution in [3.05, 3.63) is 77.0 Å².